The third-order valence-electron chi connectivity index (χ3n) is 2.34. The van der Waals surface area contributed by atoms with Crippen molar-refractivity contribution in [3.8, 4) is 0 Å². The van der Waals surface area contributed by atoms with E-state index in [4.69, 9.17) is 0 Å². The molecule has 0 bridgehead atoms. The van der Waals surface area contributed by atoms with Crippen LogP contribution in [0, 0.1) is 3.57 Å². The van der Waals surface area contributed by atoms with E-state index < -0.39 is 0 Å². The van der Waals surface area contributed by atoms with Gasteiger partial charge in [0.25, 0.3) is 0 Å². The Hall–Kier alpha value is -0.400. The van der Waals surface area contributed by atoms with Crippen LogP contribution in [0.2, 0.25) is 0 Å². The summed E-state index contributed by atoms with van der Waals surface area (Å²) in [7, 11) is 0. The second-order valence-electron chi connectivity index (χ2n) is 3.70. The van der Waals surface area contributed by atoms with Gasteiger partial charge in [-0.1, -0.05) is 6.07 Å². The normalized spacial score (nSPS) is 12.9. The Morgan fingerprint density at radius 1 is 1.62 bits per heavy atom. The van der Waals surface area contributed by atoms with Crippen LogP contribution in [0.5, 0.6) is 0 Å². The van der Waals surface area contributed by atoms with Crippen LogP contribution in [-0.4, -0.2) is 16.3 Å². The summed E-state index contributed by atoms with van der Waals surface area (Å²) in [5, 5.41) is 9.85. The highest BCUT2D eigenvalue weighted by molar-refractivity contribution is 14.1. The molecule has 3 nitrogen and oxygen atoms in total. The molecule has 2 rings (SSSR count). The molecule has 2 aromatic rings. The van der Waals surface area contributed by atoms with Gasteiger partial charge in [0.15, 0.2) is 0 Å². The minimum absolute atomic E-state index is 0.392. The van der Waals surface area contributed by atoms with Gasteiger partial charge >= 0.3 is 0 Å². The SMILES string of the molecule is CC(CNCc1cccs1)n1cc(I)cn1. The van der Waals surface area contributed by atoms with Crippen LogP contribution >= 0.6 is 33.9 Å². The Kier molecular flexibility index (Phi) is 4.37. The van der Waals surface area contributed by atoms with E-state index in [2.05, 4.69) is 63.6 Å². The summed E-state index contributed by atoms with van der Waals surface area (Å²) in [5.41, 5.74) is 0. The Labute approximate surface area is 113 Å². The number of halogens is 1. The maximum atomic E-state index is 4.30. The summed E-state index contributed by atoms with van der Waals surface area (Å²) in [5.74, 6) is 0. The van der Waals surface area contributed by atoms with Gasteiger partial charge in [-0.05, 0) is 41.0 Å². The van der Waals surface area contributed by atoms with Crippen molar-refractivity contribution in [3.05, 3.63) is 38.4 Å². The number of thiophene rings is 1. The molecular formula is C11H14IN3S. The van der Waals surface area contributed by atoms with Gasteiger partial charge in [-0.25, -0.2) is 0 Å². The van der Waals surface area contributed by atoms with Gasteiger partial charge < -0.3 is 5.32 Å². The molecule has 5 heteroatoms. The average Bonchev–Trinajstić information content (AvgIpc) is 2.89. The highest BCUT2D eigenvalue weighted by atomic mass is 127. The molecule has 0 aliphatic heterocycles. The molecule has 2 aromatic heterocycles. The fourth-order valence-electron chi connectivity index (χ4n) is 1.47. The van der Waals surface area contributed by atoms with Gasteiger partial charge in [-0.3, -0.25) is 4.68 Å². The lowest BCUT2D eigenvalue weighted by Crippen LogP contribution is -2.23. The number of hydrogen-bond acceptors (Lipinski definition) is 3. The van der Waals surface area contributed by atoms with E-state index in [-0.39, 0.29) is 0 Å². The fraction of sp³-hybridized carbons (Fsp3) is 0.364. The van der Waals surface area contributed by atoms with Crippen molar-refractivity contribution in [1.29, 1.82) is 0 Å². The van der Waals surface area contributed by atoms with Crippen molar-refractivity contribution in [2.45, 2.75) is 19.5 Å². The highest BCUT2D eigenvalue weighted by Crippen LogP contribution is 2.10. The summed E-state index contributed by atoms with van der Waals surface area (Å²) < 4.78 is 3.19. The van der Waals surface area contributed by atoms with E-state index in [0.717, 1.165) is 13.1 Å². The molecule has 0 radical (unpaired) electrons. The van der Waals surface area contributed by atoms with Crippen LogP contribution in [-0.2, 0) is 6.54 Å². The third-order valence-corrected chi connectivity index (χ3v) is 3.77. The van der Waals surface area contributed by atoms with E-state index in [1.165, 1.54) is 8.45 Å². The van der Waals surface area contributed by atoms with E-state index in [1.807, 2.05) is 10.9 Å². The molecule has 0 fully saturated rings. The molecule has 0 aliphatic rings. The zero-order valence-corrected chi connectivity index (χ0v) is 12.0. The minimum Gasteiger partial charge on any atom is -0.310 e. The molecule has 0 aromatic carbocycles. The average molecular weight is 347 g/mol. The lowest BCUT2D eigenvalue weighted by atomic mass is 10.3. The quantitative estimate of drug-likeness (QED) is 0.843. The summed E-state index contributed by atoms with van der Waals surface area (Å²) in [6.45, 7) is 4.06. The van der Waals surface area contributed by atoms with E-state index in [9.17, 15) is 0 Å². The number of aromatic nitrogens is 2. The summed E-state index contributed by atoms with van der Waals surface area (Å²) in [6, 6.07) is 4.63. The van der Waals surface area contributed by atoms with Crippen molar-refractivity contribution < 1.29 is 0 Å². The zero-order valence-electron chi connectivity index (χ0n) is 9.06. The second-order valence-corrected chi connectivity index (χ2v) is 5.98. The van der Waals surface area contributed by atoms with Crippen molar-refractivity contribution in [1.82, 2.24) is 15.1 Å². The van der Waals surface area contributed by atoms with E-state index >= 15 is 0 Å². The van der Waals surface area contributed by atoms with Crippen LogP contribution in [0.25, 0.3) is 0 Å². The number of nitrogens with one attached hydrogen (secondary N) is 1. The number of rotatable bonds is 5. The maximum absolute atomic E-state index is 4.30. The molecule has 0 spiro atoms. The van der Waals surface area contributed by atoms with E-state index in [0.29, 0.717) is 6.04 Å². The molecule has 0 amide bonds. The standard InChI is InChI=1S/C11H14IN3S/c1-9(15-8-10(12)6-14-15)5-13-7-11-3-2-4-16-11/h2-4,6,8-9,13H,5,7H2,1H3. The molecule has 0 saturated heterocycles. The second kappa shape index (κ2) is 5.79. The Bertz CT molecular complexity index is 424. The number of nitrogens with zero attached hydrogens (tertiary/aromatic N) is 2. The first kappa shape index (κ1) is 12.1. The van der Waals surface area contributed by atoms with Crippen LogP contribution in [0.4, 0.5) is 0 Å². The van der Waals surface area contributed by atoms with Crippen LogP contribution in [0.1, 0.15) is 17.8 Å². The van der Waals surface area contributed by atoms with Gasteiger partial charge in [0, 0.05) is 24.2 Å². The summed E-state index contributed by atoms with van der Waals surface area (Å²) >= 11 is 4.07. The van der Waals surface area contributed by atoms with Crippen LogP contribution < -0.4 is 5.32 Å². The van der Waals surface area contributed by atoms with Gasteiger partial charge in [0.05, 0.1) is 15.8 Å². The smallest absolute Gasteiger partial charge is 0.0623 e. The summed E-state index contributed by atoms with van der Waals surface area (Å²) in [4.78, 5) is 1.38. The van der Waals surface area contributed by atoms with Gasteiger partial charge in [0.2, 0.25) is 0 Å². The van der Waals surface area contributed by atoms with Crippen molar-refractivity contribution in [3.63, 3.8) is 0 Å². The molecular weight excluding hydrogens is 333 g/mol. The largest absolute Gasteiger partial charge is 0.310 e. The molecule has 1 atom stereocenters. The predicted molar refractivity (Wildman–Crippen MR) is 75.7 cm³/mol. The Morgan fingerprint density at radius 3 is 3.12 bits per heavy atom. The van der Waals surface area contributed by atoms with Crippen molar-refractivity contribution >= 4 is 33.9 Å². The molecule has 1 unspecified atom stereocenters. The molecule has 0 saturated carbocycles. The highest BCUT2D eigenvalue weighted by Gasteiger charge is 2.05. The zero-order chi connectivity index (χ0) is 11.4. The molecule has 16 heavy (non-hydrogen) atoms. The lowest BCUT2D eigenvalue weighted by Gasteiger charge is -2.12. The van der Waals surface area contributed by atoms with Crippen molar-refractivity contribution in [2.75, 3.05) is 6.54 Å². The monoisotopic (exact) mass is 347 g/mol. The maximum Gasteiger partial charge on any atom is 0.0623 e. The van der Waals surface area contributed by atoms with Gasteiger partial charge in [-0.15, -0.1) is 11.3 Å². The van der Waals surface area contributed by atoms with Gasteiger partial charge in [0.1, 0.15) is 0 Å². The lowest BCUT2D eigenvalue weighted by molar-refractivity contribution is 0.454. The summed E-state index contributed by atoms with van der Waals surface area (Å²) in [6.07, 6.45) is 3.95. The minimum atomic E-state index is 0.392. The van der Waals surface area contributed by atoms with Crippen LogP contribution in [0.15, 0.2) is 29.9 Å². The predicted octanol–water partition coefficient (Wildman–Crippen LogP) is 2.90. The first-order valence-electron chi connectivity index (χ1n) is 5.18. The topological polar surface area (TPSA) is 29.9 Å². The van der Waals surface area contributed by atoms with Crippen LogP contribution in [0.3, 0.4) is 0 Å². The Morgan fingerprint density at radius 2 is 2.50 bits per heavy atom. The van der Waals surface area contributed by atoms with E-state index in [1.54, 1.807) is 11.3 Å². The fourth-order valence-corrected chi connectivity index (χ4v) is 2.55. The van der Waals surface area contributed by atoms with Gasteiger partial charge in [-0.2, -0.15) is 5.10 Å². The van der Waals surface area contributed by atoms with Crippen molar-refractivity contribution in [2.24, 2.45) is 0 Å². The third kappa shape index (κ3) is 3.29. The Balaban J connectivity index is 1.78. The first-order chi connectivity index (χ1) is 7.75. The number of hydrogen-bond donors (Lipinski definition) is 1. The molecule has 2 heterocycles. The molecule has 86 valence electrons. The first-order valence-corrected chi connectivity index (χ1v) is 7.14. The molecule has 1 N–H and O–H groups in total. The molecule has 0 aliphatic carbocycles.